The minimum Gasteiger partial charge on any atom is -0.367 e. The smallest absolute Gasteiger partial charge is 0.330 e. The maximum Gasteiger partial charge on any atom is 0.330 e. The molecular weight excluding hydrogens is 282 g/mol. The standard InChI is InChI=1S/C11H15F4N3O2/c12-10(13)11(14,15)6-19-5-8-17-9(20-18-8)7-3-1-2-4-16-7/h7,10,16H,1-6H2/t7-/m0/s1. The zero-order chi connectivity index (χ0) is 14.6. The second-order valence-corrected chi connectivity index (χ2v) is 4.61. The molecule has 1 saturated heterocycles. The van der Waals surface area contributed by atoms with E-state index in [4.69, 9.17) is 4.52 Å². The first kappa shape index (κ1) is 15.2. The fourth-order valence-electron chi connectivity index (χ4n) is 1.87. The van der Waals surface area contributed by atoms with E-state index in [0.29, 0.717) is 5.89 Å². The number of rotatable bonds is 6. The number of nitrogens with one attached hydrogen (secondary N) is 1. The third-order valence-corrected chi connectivity index (χ3v) is 2.94. The lowest BCUT2D eigenvalue weighted by Gasteiger charge is -2.19. The van der Waals surface area contributed by atoms with Gasteiger partial charge in [0.1, 0.15) is 13.2 Å². The van der Waals surface area contributed by atoms with Gasteiger partial charge < -0.3 is 14.6 Å². The molecule has 1 aromatic rings. The summed E-state index contributed by atoms with van der Waals surface area (Å²) in [7, 11) is 0. The molecule has 9 heteroatoms. The van der Waals surface area contributed by atoms with Gasteiger partial charge in [-0.2, -0.15) is 13.8 Å². The number of aromatic nitrogens is 2. The van der Waals surface area contributed by atoms with E-state index in [9.17, 15) is 17.6 Å². The molecule has 0 radical (unpaired) electrons. The number of nitrogens with zero attached hydrogens (tertiary/aromatic N) is 2. The van der Waals surface area contributed by atoms with E-state index in [0.717, 1.165) is 25.8 Å². The summed E-state index contributed by atoms with van der Waals surface area (Å²) in [5, 5.41) is 6.76. The van der Waals surface area contributed by atoms with Crippen molar-refractivity contribution < 1.29 is 26.8 Å². The number of halogens is 4. The average Bonchev–Trinajstić information content (AvgIpc) is 2.88. The minimum absolute atomic E-state index is 0.0486. The fourth-order valence-corrected chi connectivity index (χ4v) is 1.87. The van der Waals surface area contributed by atoms with Crippen LogP contribution in [0.25, 0.3) is 0 Å². The molecule has 1 aromatic heterocycles. The molecule has 1 atom stereocenters. The van der Waals surface area contributed by atoms with Crippen LogP contribution in [0, 0.1) is 0 Å². The summed E-state index contributed by atoms with van der Waals surface area (Å²) in [6.45, 7) is -0.922. The maximum atomic E-state index is 12.6. The Labute approximate surface area is 112 Å². The van der Waals surface area contributed by atoms with E-state index in [1.54, 1.807) is 0 Å². The van der Waals surface area contributed by atoms with Crippen molar-refractivity contribution in [3.8, 4) is 0 Å². The molecule has 2 rings (SSSR count). The topological polar surface area (TPSA) is 60.2 Å². The second-order valence-electron chi connectivity index (χ2n) is 4.61. The number of hydrogen-bond donors (Lipinski definition) is 1. The van der Waals surface area contributed by atoms with Gasteiger partial charge >= 0.3 is 12.3 Å². The van der Waals surface area contributed by atoms with Crippen LogP contribution in [-0.2, 0) is 11.3 Å². The molecule has 0 aliphatic carbocycles. The SMILES string of the molecule is FC(F)C(F)(F)COCc1noc([C@@H]2CCCCN2)n1. The fraction of sp³-hybridized carbons (Fsp3) is 0.818. The number of hydrogen-bond acceptors (Lipinski definition) is 5. The molecule has 0 aromatic carbocycles. The molecule has 20 heavy (non-hydrogen) atoms. The van der Waals surface area contributed by atoms with Gasteiger partial charge in [0, 0.05) is 0 Å². The molecule has 1 N–H and O–H groups in total. The van der Waals surface area contributed by atoms with Crippen molar-refractivity contribution in [1.29, 1.82) is 0 Å². The van der Waals surface area contributed by atoms with E-state index >= 15 is 0 Å². The Hall–Kier alpha value is -1.22. The lowest BCUT2D eigenvalue weighted by atomic mass is 10.1. The molecule has 1 aliphatic heterocycles. The third kappa shape index (κ3) is 3.89. The van der Waals surface area contributed by atoms with Crippen LogP contribution in [-0.4, -0.2) is 35.6 Å². The number of ether oxygens (including phenoxy) is 1. The number of alkyl halides is 4. The normalized spacial score (nSPS) is 20.6. The Kier molecular flexibility index (Phi) is 4.92. The van der Waals surface area contributed by atoms with Gasteiger partial charge in [-0.1, -0.05) is 11.6 Å². The van der Waals surface area contributed by atoms with Crippen LogP contribution >= 0.6 is 0 Å². The molecule has 0 bridgehead atoms. The molecule has 5 nitrogen and oxygen atoms in total. The lowest BCUT2D eigenvalue weighted by Crippen LogP contribution is -2.32. The summed E-state index contributed by atoms with van der Waals surface area (Å²) in [6.07, 6.45) is -0.795. The minimum atomic E-state index is -4.17. The zero-order valence-electron chi connectivity index (χ0n) is 10.6. The highest BCUT2D eigenvalue weighted by atomic mass is 19.3. The van der Waals surface area contributed by atoms with E-state index in [1.165, 1.54) is 0 Å². The van der Waals surface area contributed by atoms with Gasteiger partial charge in [0.15, 0.2) is 5.82 Å². The Morgan fingerprint density at radius 3 is 2.85 bits per heavy atom. The molecule has 2 heterocycles. The molecule has 0 spiro atoms. The Morgan fingerprint density at radius 1 is 1.40 bits per heavy atom. The van der Waals surface area contributed by atoms with Gasteiger partial charge in [-0.05, 0) is 19.4 Å². The molecule has 1 fully saturated rings. The van der Waals surface area contributed by atoms with Gasteiger partial charge in [0.25, 0.3) is 0 Å². The average molecular weight is 297 g/mol. The van der Waals surface area contributed by atoms with Crippen molar-refractivity contribution in [3.63, 3.8) is 0 Å². The lowest BCUT2D eigenvalue weighted by molar-refractivity contribution is -0.168. The maximum absolute atomic E-state index is 12.6. The summed E-state index contributed by atoms with van der Waals surface area (Å²) in [4.78, 5) is 4.00. The van der Waals surface area contributed by atoms with Crippen LogP contribution in [0.1, 0.15) is 37.0 Å². The molecule has 0 saturated carbocycles. The van der Waals surface area contributed by atoms with Crippen LogP contribution in [0.3, 0.4) is 0 Å². The van der Waals surface area contributed by atoms with E-state index in [2.05, 4.69) is 20.2 Å². The van der Waals surface area contributed by atoms with Gasteiger partial charge in [-0.25, -0.2) is 8.78 Å². The predicted molar refractivity (Wildman–Crippen MR) is 59.5 cm³/mol. The third-order valence-electron chi connectivity index (χ3n) is 2.94. The largest absolute Gasteiger partial charge is 0.367 e. The van der Waals surface area contributed by atoms with Crippen LogP contribution in [0.15, 0.2) is 4.52 Å². The summed E-state index contributed by atoms with van der Waals surface area (Å²) in [6, 6.07) is -0.0486. The van der Waals surface area contributed by atoms with Crippen molar-refractivity contribution in [2.45, 2.75) is 44.3 Å². The summed E-state index contributed by atoms with van der Waals surface area (Å²) >= 11 is 0. The van der Waals surface area contributed by atoms with Crippen molar-refractivity contribution >= 4 is 0 Å². The van der Waals surface area contributed by atoms with E-state index in [-0.39, 0.29) is 11.9 Å². The Balaban J connectivity index is 1.81. The van der Waals surface area contributed by atoms with Crippen molar-refractivity contribution in [2.75, 3.05) is 13.2 Å². The summed E-state index contributed by atoms with van der Waals surface area (Å²) in [5.74, 6) is -3.74. The van der Waals surface area contributed by atoms with Crippen molar-refractivity contribution in [2.24, 2.45) is 0 Å². The highest BCUT2D eigenvalue weighted by molar-refractivity contribution is 4.93. The molecule has 1 aliphatic rings. The van der Waals surface area contributed by atoms with Crippen molar-refractivity contribution in [1.82, 2.24) is 15.5 Å². The van der Waals surface area contributed by atoms with Gasteiger partial charge in [-0.3, -0.25) is 0 Å². The van der Waals surface area contributed by atoms with Crippen molar-refractivity contribution in [3.05, 3.63) is 11.7 Å². The van der Waals surface area contributed by atoms with E-state index in [1.807, 2.05) is 0 Å². The predicted octanol–water partition coefficient (Wildman–Crippen LogP) is 2.30. The summed E-state index contributed by atoms with van der Waals surface area (Å²) in [5.41, 5.74) is 0. The van der Waals surface area contributed by atoms with E-state index < -0.39 is 25.6 Å². The van der Waals surface area contributed by atoms with Crippen LogP contribution in [0.4, 0.5) is 17.6 Å². The highest BCUT2D eigenvalue weighted by Crippen LogP contribution is 2.24. The first-order chi connectivity index (χ1) is 9.49. The van der Waals surface area contributed by atoms with Gasteiger partial charge in [-0.15, -0.1) is 0 Å². The van der Waals surface area contributed by atoms with Crippen LogP contribution in [0.5, 0.6) is 0 Å². The Bertz CT molecular complexity index is 422. The van der Waals surface area contributed by atoms with Gasteiger partial charge in [0.2, 0.25) is 5.89 Å². The van der Waals surface area contributed by atoms with Crippen LogP contribution in [0.2, 0.25) is 0 Å². The first-order valence-electron chi connectivity index (χ1n) is 6.28. The quantitative estimate of drug-likeness (QED) is 0.816. The Morgan fingerprint density at radius 2 is 2.20 bits per heavy atom. The van der Waals surface area contributed by atoms with Gasteiger partial charge in [0.05, 0.1) is 6.04 Å². The molecule has 0 amide bonds. The molecule has 0 unspecified atom stereocenters. The highest BCUT2D eigenvalue weighted by Gasteiger charge is 2.41. The second kappa shape index (κ2) is 6.49. The molecular formula is C11H15F4N3O2. The van der Waals surface area contributed by atoms with Crippen LogP contribution < -0.4 is 5.32 Å². The monoisotopic (exact) mass is 297 g/mol. The first-order valence-corrected chi connectivity index (χ1v) is 6.28. The summed E-state index contributed by atoms with van der Waals surface area (Å²) < 4.78 is 58.5. The number of piperidine rings is 1. The zero-order valence-corrected chi connectivity index (χ0v) is 10.6. The molecule has 114 valence electrons.